The number of nitrogens with zero attached hydrogens (tertiary/aromatic N) is 2. The summed E-state index contributed by atoms with van der Waals surface area (Å²) in [5.41, 5.74) is 1.86. The molecule has 2 N–H and O–H groups in total. The van der Waals surface area contributed by atoms with Crippen molar-refractivity contribution in [2.24, 2.45) is 0 Å². The van der Waals surface area contributed by atoms with Gasteiger partial charge in [0.1, 0.15) is 5.82 Å². The van der Waals surface area contributed by atoms with Gasteiger partial charge in [0.05, 0.1) is 5.69 Å². The molecule has 0 radical (unpaired) electrons. The van der Waals surface area contributed by atoms with Crippen LogP contribution in [0.1, 0.15) is 30.3 Å². The van der Waals surface area contributed by atoms with Crippen LogP contribution in [0.4, 0.5) is 15.8 Å². The lowest BCUT2D eigenvalue weighted by molar-refractivity contribution is -0.116. The Bertz CT molecular complexity index is 968. The molecule has 0 bridgehead atoms. The largest absolute Gasteiger partial charge is 0.326 e. The summed E-state index contributed by atoms with van der Waals surface area (Å²) < 4.78 is 14.8. The number of nitrogens with one attached hydrogen (secondary N) is 2. The molecule has 3 rings (SSSR count). The average molecular weight is 366 g/mol. The molecule has 0 unspecified atom stereocenters. The number of rotatable bonds is 6. The van der Waals surface area contributed by atoms with Crippen LogP contribution in [0, 0.1) is 5.82 Å². The first kappa shape index (κ1) is 18.3. The third kappa shape index (κ3) is 4.78. The number of anilines is 2. The van der Waals surface area contributed by atoms with Crippen molar-refractivity contribution in [3.63, 3.8) is 0 Å². The molecular weight excluding hydrogens is 347 g/mol. The van der Waals surface area contributed by atoms with Gasteiger partial charge in [0, 0.05) is 24.0 Å². The van der Waals surface area contributed by atoms with Crippen LogP contribution in [-0.4, -0.2) is 21.6 Å². The van der Waals surface area contributed by atoms with Crippen molar-refractivity contribution in [2.45, 2.75) is 19.8 Å². The van der Waals surface area contributed by atoms with Gasteiger partial charge in [-0.15, -0.1) is 0 Å². The molecule has 138 valence electrons. The maximum atomic E-state index is 13.3. The van der Waals surface area contributed by atoms with Gasteiger partial charge in [0.15, 0.2) is 5.69 Å². The van der Waals surface area contributed by atoms with Crippen molar-refractivity contribution < 1.29 is 14.0 Å². The van der Waals surface area contributed by atoms with Crippen LogP contribution in [0.25, 0.3) is 5.69 Å². The zero-order chi connectivity index (χ0) is 19.2. The normalized spacial score (nSPS) is 10.4. The molecule has 2 aromatic carbocycles. The third-order valence-corrected chi connectivity index (χ3v) is 3.78. The van der Waals surface area contributed by atoms with Crippen molar-refractivity contribution >= 4 is 23.2 Å². The van der Waals surface area contributed by atoms with Crippen LogP contribution in [-0.2, 0) is 4.79 Å². The Morgan fingerprint density at radius 1 is 1.04 bits per heavy atom. The van der Waals surface area contributed by atoms with Gasteiger partial charge in [-0.3, -0.25) is 9.59 Å². The standard InChI is InChI=1S/C20H19FN4O2/c1-2-5-19(26)22-15-7-4-8-16(13-15)23-20(27)18-10-11-25(24-18)17-9-3-6-14(21)12-17/h3-4,6-13H,2,5H2,1H3,(H,22,26)(H,23,27). The van der Waals surface area contributed by atoms with Crippen LogP contribution in [0.5, 0.6) is 0 Å². The fraction of sp³-hybridized carbons (Fsp3) is 0.150. The predicted molar refractivity (Wildman–Crippen MR) is 101 cm³/mol. The molecule has 0 saturated carbocycles. The summed E-state index contributed by atoms with van der Waals surface area (Å²) in [6.45, 7) is 1.93. The third-order valence-electron chi connectivity index (χ3n) is 3.78. The Labute approximate surface area is 156 Å². The summed E-state index contributed by atoms with van der Waals surface area (Å²) in [5.74, 6) is -0.854. The summed E-state index contributed by atoms with van der Waals surface area (Å²) in [6, 6.07) is 14.4. The lowest BCUT2D eigenvalue weighted by Crippen LogP contribution is -2.14. The van der Waals surface area contributed by atoms with E-state index in [1.807, 2.05) is 6.92 Å². The number of halogens is 1. The molecule has 0 saturated heterocycles. The molecule has 3 aromatic rings. The van der Waals surface area contributed by atoms with Crippen LogP contribution in [0.3, 0.4) is 0 Å². The Morgan fingerprint density at radius 2 is 1.78 bits per heavy atom. The van der Waals surface area contributed by atoms with Crippen molar-refractivity contribution in [3.8, 4) is 5.69 Å². The van der Waals surface area contributed by atoms with E-state index in [4.69, 9.17) is 0 Å². The van der Waals surface area contributed by atoms with E-state index in [1.54, 1.807) is 48.7 Å². The Hall–Kier alpha value is -3.48. The minimum atomic E-state index is -0.401. The topological polar surface area (TPSA) is 76.0 Å². The predicted octanol–water partition coefficient (Wildman–Crippen LogP) is 4.00. The van der Waals surface area contributed by atoms with Crippen LogP contribution in [0.15, 0.2) is 60.8 Å². The SMILES string of the molecule is CCCC(=O)Nc1cccc(NC(=O)c2ccn(-c3cccc(F)c3)n2)c1. The maximum absolute atomic E-state index is 13.3. The van der Waals surface area contributed by atoms with Crippen LogP contribution >= 0.6 is 0 Å². The van der Waals surface area contributed by atoms with Crippen molar-refractivity contribution in [3.05, 3.63) is 72.3 Å². The minimum Gasteiger partial charge on any atom is -0.326 e. The molecule has 0 fully saturated rings. The minimum absolute atomic E-state index is 0.0742. The second kappa shape index (κ2) is 8.27. The summed E-state index contributed by atoms with van der Waals surface area (Å²) >= 11 is 0. The first-order chi connectivity index (χ1) is 13.0. The van der Waals surface area contributed by atoms with E-state index >= 15 is 0 Å². The lowest BCUT2D eigenvalue weighted by Gasteiger charge is -2.08. The zero-order valence-electron chi connectivity index (χ0n) is 14.8. The van der Waals surface area contributed by atoms with Gasteiger partial charge in [0.2, 0.25) is 5.91 Å². The highest BCUT2D eigenvalue weighted by molar-refractivity contribution is 6.03. The molecular formula is C20H19FN4O2. The van der Waals surface area contributed by atoms with Crippen molar-refractivity contribution in [2.75, 3.05) is 10.6 Å². The van der Waals surface area contributed by atoms with Gasteiger partial charge in [-0.2, -0.15) is 5.10 Å². The van der Waals surface area contributed by atoms with Crippen molar-refractivity contribution in [1.29, 1.82) is 0 Å². The lowest BCUT2D eigenvalue weighted by atomic mass is 10.2. The summed E-state index contributed by atoms with van der Waals surface area (Å²) in [6.07, 6.45) is 2.79. The van der Waals surface area contributed by atoms with E-state index in [-0.39, 0.29) is 17.4 Å². The molecule has 0 spiro atoms. The van der Waals surface area contributed by atoms with E-state index in [2.05, 4.69) is 15.7 Å². The van der Waals surface area contributed by atoms with Gasteiger partial charge < -0.3 is 10.6 Å². The van der Waals surface area contributed by atoms with E-state index in [9.17, 15) is 14.0 Å². The number of amides is 2. The highest BCUT2D eigenvalue weighted by Crippen LogP contribution is 2.17. The van der Waals surface area contributed by atoms with Crippen LogP contribution in [0.2, 0.25) is 0 Å². The van der Waals surface area contributed by atoms with Gasteiger partial charge >= 0.3 is 0 Å². The fourth-order valence-electron chi connectivity index (χ4n) is 2.53. The Morgan fingerprint density at radius 3 is 2.52 bits per heavy atom. The van der Waals surface area contributed by atoms with E-state index < -0.39 is 5.91 Å². The van der Waals surface area contributed by atoms with Crippen LogP contribution < -0.4 is 10.6 Å². The highest BCUT2D eigenvalue weighted by Gasteiger charge is 2.11. The van der Waals surface area contributed by atoms with Gasteiger partial charge in [-0.1, -0.05) is 19.1 Å². The molecule has 7 heteroatoms. The van der Waals surface area contributed by atoms with Gasteiger partial charge in [0.25, 0.3) is 5.91 Å². The molecule has 0 aliphatic rings. The molecule has 6 nitrogen and oxygen atoms in total. The number of benzene rings is 2. The van der Waals surface area contributed by atoms with E-state index in [0.717, 1.165) is 6.42 Å². The molecule has 27 heavy (non-hydrogen) atoms. The number of aromatic nitrogens is 2. The van der Waals surface area contributed by atoms with Gasteiger partial charge in [-0.05, 0) is 48.9 Å². The van der Waals surface area contributed by atoms with E-state index in [1.165, 1.54) is 16.8 Å². The summed E-state index contributed by atoms with van der Waals surface area (Å²) in [7, 11) is 0. The molecule has 1 aromatic heterocycles. The number of carbonyl (C=O) groups is 2. The Balaban J connectivity index is 1.70. The summed E-state index contributed by atoms with van der Waals surface area (Å²) in [5, 5.41) is 9.70. The smallest absolute Gasteiger partial charge is 0.276 e. The average Bonchev–Trinajstić information content (AvgIpc) is 3.12. The molecule has 1 heterocycles. The first-order valence-corrected chi connectivity index (χ1v) is 8.58. The number of hydrogen-bond donors (Lipinski definition) is 2. The monoisotopic (exact) mass is 366 g/mol. The highest BCUT2D eigenvalue weighted by atomic mass is 19.1. The second-order valence-electron chi connectivity index (χ2n) is 5.96. The molecule has 0 atom stereocenters. The van der Waals surface area contributed by atoms with Gasteiger partial charge in [-0.25, -0.2) is 9.07 Å². The zero-order valence-corrected chi connectivity index (χ0v) is 14.8. The number of hydrogen-bond acceptors (Lipinski definition) is 3. The first-order valence-electron chi connectivity index (χ1n) is 8.58. The molecule has 0 aliphatic carbocycles. The number of carbonyl (C=O) groups excluding carboxylic acids is 2. The maximum Gasteiger partial charge on any atom is 0.276 e. The van der Waals surface area contributed by atoms with Crippen molar-refractivity contribution in [1.82, 2.24) is 9.78 Å². The quantitative estimate of drug-likeness (QED) is 0.692. The van der Waals surface area contributed by atoms with E-state index in [0.29, 0.717) is 23.5 Å². The summed E-state index contributed by atoms with van der Waals surface area (Å²) in [4.78, 5) is 24.1. The molecule has 0 aliphatic heterocycles. The Kier molecular flexibility index (Phi) is 5.61. The molecule has 2 amide bonds. The second-order valence-corrected chi connectivity index (χ2v) is 5.96. The fourth-order valence-corrected chi connectivity index (χ4v) is 2.53.